The maximum Gasteiger partial charge on any atom is 0.449 e. The fourth-order valence-electron chi connectivity index (χ4n) is 2.56. The Morgan fingerprint density at radius 2 is 1.95 bits per heavy atom. The number of imidazole rings is 1. The molecule has 1 aliphatic rings. The zero-order valence-corrected chi connectivity index (χ0v) is 11.4. The van der Waals surface area contributed by atoms with Crippen molar-refractivity contribution in [1.29, 1.82) is 0 Å². The zero-order valence-electron chi connectivity index (χ0n) is 11.4. The van der Waals surface area contributed by atoms with Gasteiger partial charge >= 0.3 is 6.18 Å². The lowest BCUT2D eigenvalue weighted by Crippen LogP contribution is -2.44. The second-order valence-corrected chi connectivity index (χ2v) is 5.02. The van der Waals surface area contributed by atoms with E-state index in [1.54, 1.807) is 12.1 Å². The van der Waals surface area contributed by atoms with E-state index in [1.165, 1.54) is 10.8 Å². The first kappa shape index (κ1) is 14.3. The van der Waals surface area contributed by atoms with Gasteiger partial charge in [0, 0.05) is 45.5 Å². The molecule has 0 aliphatic carbocycles. The number of rotatable bonds is 3. The molecule has 1 saturated heterocycles. The van der Waals surface area contributed by atoms with Gasteiger partial charge in [0.25, 0.3) is 0 Å². The summed E-state index contributed by atoms with van der Waals surface area (Å²) in [7, 11) is 0. The van der Waals surface area contributed by atoms with Crippen molar-refractivity contribution in [2.75, 3.05) is 32.7 Å². The molecule has 1 fully saturated rings. The summed E-state index contributed by atoms with van der Waals surface area (Å²) in [5.41, 5.74) is 0.574. The molecule has 0 bridgehead atoms. The Balaban J connectivity index is 1.88. The lowest BCUT2D eigenvalue weighted by Gasteiger charge is -2.27. The molecule has 3 rings (SSSR count). The van der Waals surface area contributed by atoms with Gasteiger partial charge in [0.15, 0.2) is 5.65 Å². The molecule has 0 unspecified atom stereocenters. The van der Waals surface area contributed by atoms with Crippen LogP contribution in [0.2, 0.25) is 0 Å². The van der Waals surface area contributed by atoms with Crippen molar-refractivity contribution < 1.29 is 13.2 Å². The van der Waals surface area contributed by atoms with Crippen molar-refractivity contribution in [2.24, 2.45) is 0 Å². The molecule has 0 aromatic carbocycles. The quantitative estimate of drug-likeness (QED) is 0.929. The molecule has 0 amide bonds. The molecule has 114 valence electrons. The van der Waals surface area contributed by atoms with Crippen molar-refractivity contribution >= 4 is 11.2 Å². The van der Waals surface area contributed by atoms with Crippen LogP contribution in [0.3, 0.4) is 0 Å². The van der Waals surface area contributed by atoms with E-state index in [-0.39, 0.29) is 12.1 Å². The molecule has 5 nitrogen and oxygen atoms in total. The van der Waals surface area contributed by atoms with Crippen LogP contribution >= 0.6 is 0 Å². The highest BCUT2D eigenvalue weighted by molar-refractivity contribution is 5.71. The predicted octanol–water partition coefficient (Wildman–Crippen LogP) is 1.36. The molecule has 1 N–H and O–H groups in total. The van der Waals surface area contributed by atoms with E-state index in [1.807, 2.05) is 0 Å². The van der Waals surface area contributed by atoms with Gasteiger partial charge in [-0.2, -0.15) is 13.2 Å². The number of fused-ring (bicyclic) bond motifs is 1. The van der Waals surface area contributed by atoms with Crippen LogP contribution in [0.1, 0.15) is 5.82 Å². The topological polar surface area (TPSA) is 46.0 Å². The van der Waals surface area contributed by atoms with Crippen LogP contribution < -0.4 is 5.32 Å². The molecule has 8 heteroatoms. The third-order valence-corrected chi connectivity index (χ3v) is 3.61. The summed E-state index contributed by atoms with van der Waals surface area (Å²) in [6, 6.07) is 3.15. The van der Waals surface area contributed by atoms with Crippen LogP contribution in [0, 0.1) is 0 Å². The van der Waals surface area contributed by atoms with Gasteiger partial charge in [0.1, 0.15) is 5.52 Å². The number of pyridine rings is 1. The van der Waals surface area contributed by atoms with Gasteiger partial charge < -0.3 is 9.88 Å². The third kappa shape index (κ3) is 3.01. The largest absolute Gasteiger partial charge is 0.449 e. The van der Waals surface area contributed by atoms with Gasteiger partial charge in [-0.05, 0) is 12.1 Å². The van der Waals surface area contributed by atoms with Gasteiger partial charge in [0.2, 0.25) is 5.82 Å². The number of hydrogen-bond donors (Lipinski definition) is 1. The second kappa shape index (κ2) is 5.61. The number of alkyl halides is 3. The standard InChI is InChI=1S/C13H16F3N5/c14-13(15,16)12-19-10-2-1-3-18-11(10)21(12)9-8-20-6-4-17-5-7-20/h1-3,17H,4-9H2. The van der Waals surface area contributed by atoms with Crippen LogP contribution in [0.15, 0.2) is 18.3 Å². The van der Waals surface area contributed by atoms with E-state index in [2.05, 4.69) is 20.2 Å². The highest BCUT2D eigenvalue weighted by atomic mass is 19.4. The van der Waals surface area contributed by atoms with E-state index >= 15 is 0 Å². The number of nitrogens with one attached hydrogen (secondary N) is 1. The van der Waals surface area contributed by atoms with Gasteiger partial charge in [-0.25, -0.2) is 9.97 Å². The van der Waals surface area contributed by atoms with Crippen molar-refractivity contribution in [3.63, 3.8) is 0 Å². The minimum absolute atomic E-state index is 0.238. The van der Waals surface area contributed by atoms with Crippen molar-refractivity contribution in [3.8, 4) is 0 Å². The SMILES string of the molecule is FC(F)(F)c1nc2cccnc2n1CCN1CCNCC1. The lowest BCUT2D eigenvalue weighted by atomic mass is 10.3. The van der Waals surface area contributed by atoms with E-state index in [4.69, 9.17) is 0 Å². The van der Waals surface area contributed by atoms with Crippen molar-refractivity contribution in [2.45, 2.75) is 12.7 Å². The number of halogens is 3. The van der Waals surface area contributed by atoms with Crippen LogP contribution in [0.25, 0.3) is 11.2 Å². The highest BCUT2D eigenvalue weighted by Crippen LogP contribution is 2.30. The lowest BCUT2D eigenvalue weighted by molar-refractivity contribution is -0.147. The second-order valence-electron chi connectivity index (χ2n) is 5.02. The Hall–Kier alpha value is -1.67. The maximum absolute atomic E-state index is 13.1. The number of aromatic nitrogens is 3. The predicted molar refractivity (Wildman–Crippen MR) is 71.8 cm³/mol. The molecular weight excluding hydrogens is 283 g/mol. The molecule has 2 aromatic rings. The van der Waals surface area contributed by atoms with Gasteiger partial charge in [-0.15, -0.1) is 0 Å². The summed E-state index contributed by atoms with van der Waals surface area (Å²) in [5.74, 6) is -0.869. The molecule has 0 saturated carbocycles. The fourth-order valence-corrected chi connectivity index (χ4v) is 2.56. The first-order valence-electron chi connectivity index (χ1n) is 6.87. The molecule has 21 heavy (non-hydrogen) atoms. The van der Waals surface area contributed by atoms with Gasteiger partial charge in [0.05, 0.1) is 0 Å². The minimum atomic E-state index is -4.47. The summed E-state index contributed by atoms with van der Waals surface area (Å²) in [6.45, 7) is 4.24. The van der Waals surface area contributed by atoms with Gasteiger partial charge in [-0.3, -0.25) is 4.90 Å². The van der Waals surface area contributed by atoms with E-state index in [0.29, 0.717) is 12.2 Å². The Morgan fingerprint density at radius 3 is 2.67 bits per heavy atom. The first-order valence-corrected chi connectivity index (χ1v) is 6.87. The van der Waals surface area contributed by atoms with Crippen molar-refractivity contribution in [3.05, 3.63) is 24.2 Å². The Labute approximate surface area is 119 Å². The zero-order chi connectivity index (χ0) is 14.9. The number of nitrogens with zero attached hydrogens (tertiary/aromatic N) is 4. The average molecular weight is 299 g/mol. The summed E-state index contributed by atoms with van der Waals surface area (Å²) in [4.78, 5) is 9.89. The number of hydrogen-bond acceptors (Lipinski definition) is 4. The normalized spacial score (nSPS) is 17.5. The van der Waals surface area contributed by atoms with E-state index in [0.717, 1.165) is 26.2 Å². The Kier molecular flexibility index (Phi) is 3.81. The smallest absolute Gasteiger partial charge is 0.314 e. The first-order chi connectivity index (χ1) is 10.1. The Morgan fingerprint density at radius 1 is 1.19 bits per heavy atom. The molecule has 0 atom stereocenters. The Bertz CT molecular complexity index is 616. The third-order valence-electron chi connectivity index (χ3n) is 3.61. The summed E-state index contributed by atoms with van der Waals surface area (Å²) in [5, 5.41) is 3.22. The molecule has 3 heterocycles. The van der Waals surface area contributed by atoms with Crippen molar-refractivity contribution in [1.82, 2.24) is 24.8 Å². The molecule has 2 aromatic heterocycles. The monoisotopic (exact) mass is 299 g/mol. The van der Waals surface area contributed by atoms with E-state index < -0.39 is 12.0 Å². The molecule has 0 spiro atoms. The van der Waals surface area contributed by atoms with Crippen LogP contribution in [-0.4, -0.2) is 52.2 Å². The van der Waals surface area contributed by atoms with Gasteiger partial charge in [-0.1, -0.05) is 0 Å². The number of piperazine rings is 1. The summed E-state index contributed by atoms with van der Waals surface area (Å²) < 4.78 is 40.5. The highest BCUT2D eigenvalue weighted by Gasteiger charge is 2.37. The molecular formula is C13H16F3N5. The maximum atomic E-state index is 13.1. The summed E-state index contributed by atoms with van der Waals surface area (Å²) in [6.07, 6.45) is -2.98. The van der Waals surface area contributed by atoms with Crippen LogP contribution in [-0.2, 0) is 12.7 Å². The molecule has 0 radical (unpaired) electrons. The average Bonchev–Trinajstić information content (AvgIpc) is 2.85. The fraction of sp³-hybridized carbons (Fsp3) is 0.538. The van der Waals surface area contributed by atoms with Crippen LogP contribution in [0.4, 0.5) is 13.2 Å². The molecule has 1 aliphatic heterocycles. The summed E-state index contributed by atoms with van der Waals surface area (Å²) >= 11 is 0. The van der Waals surface area contributed by atoms with E-state index in [9.17, 15) is 13.2 Å². The minimum Gasteiger partial charge on any atom is -0.314 e. The van der Waals surface area contributed by atoms with Crippen LogP contribution in [0.5, 0.6) is 0 Å².